The van der Waals surface area contributed by atoms with Gasteiger partial charge in [-0.25, -0.2) is 0 Å². The van der Waals surface area contributed by atoms with Gasteiger partial charge in [-0.15, -0.1) is 11.3 Å². The van der Waals surface area contributed by atoms with E-state index < -0.39 is 0 Å². The van der Waals surface area contributed by atoms with Gasteiger partial charge in [-0.3, -0.25) is 4.68 Å². The zero-order valence-corrected chi connectivity index (χ0v) is 14.5. The van der Waals surface area contributed by atoms with E-state index in [-0.39, 0.29) is 6.04 Å². The molecule has 0 radical (unpaired) electrons. The van der Waals surface area contributed by atoms with Gasteiger partial charge in [-0.05, 0) is 19.0 Å². The van der Waals surface area contributed by atoms with Crippen molar-refractivity contribution in [1.82, 2.24) is 15.1 Å². The number of halogens is 1. The topological polar surface area (TPSA) is 39.1 Å². The molecule has 0 saturated heterocycles. The molecule has 0 aliphatic heterocycles. The molecule has 4 nitrogen and oxygen atoms in total. The molecule has 0 aliphatic rings. The van der Waals surface area contributed by atoms with Crippen LogP contribution in [0.5, 0.6) is 5.75 Å². The second kappa shape index (κ2) is 7.29. The monoisotopic (exact) mass is 327 g/mol. The average molecular weight is 328 g/mol. The quantitative estimate of drug-likeness (QED) is 0.844. The summed E-state index contributed by atoms with van der Waals surface area (Å²) in [5, 5.41) is 10.8. The number of ether oxygens (including phenoxy) is 1. The highest BCUT2D eigenvalue weighted by Crippen LogP contribution is 2.31. The first-order valence-electron chi connectivity index (χ1n) is 7.16. The summed E-state index contributed by atoms with van der Waals surface area (Å²) in [6.45, 7) is 5.09. The van der Waals surface area contributed by atoms with E-state index in [0.717, 1.165) is 41.5 Å². The zero-order chi connectivity index (χ0) is 15.4. The first kappa shape index (κ1) is 16.3. The summed E-state index contributed by atoms with van der Waals surface area (Å²) in [5.41, 5.74) is 2.04. The molecule has 0 saturated carbocycles. The Morgan fingerprint density at radius 3 is 2.76 bits per heavy atom. The first-order chi connectivity index (χ1) is 10.1. The van der Waals surface area contributed by atoms with E-state index in [4.69, 9.17) is 16.3 Å². The highest BCUT2D eigenvalue weighted by molar-refractivity contribution is 7.10. The van der Waals surface area contributed by atoms with E-state index in [9.17, 15) is 0 Å². The van der Waals surface area contributed by atoms with E-state index in [1.165, 1.54) is 4.88 Å². The molecule has 1 unspecified atom stereocenters. The minimum atomic E-state index is 0.224. The van der Waals surface area contributed by atoms with Gasteiger partial charge in [0.25, 0.3) is 0 Å². The Labute approximate surface area is 135 Å². The smallest absolute Gasteiger partial charge is 0.129 e. The molecule has 0 bridgehead atoms. The van der Waals surface area contributed by atoms with Crippen molar-refractivity contribution in [1.29, 1.82) is 0 Å². The number of aryl methyl sites for hydroxylation is 2. The van der Waals surface area contributed by atoms with E-state index in [0.29, 0.717) is 0 Å². The third-order valence-electron chi connectivity index (χ3n) is 3.53. The van der Waals surface area contributed by atoms with Crippen LogP contribution in [0.15, 0.2) is 11.4 Å². The molecule has 2 rings (SSSR count). The Morgan fingerprint density at radius 1 is 1.48 bits per heavy atom. The molecule has 1 N–H and O–H groups in total. The number of thiophene rings is 1. The highest BCUT2D eigenvalue weighted by atomic mass is 35.5. The SMILES string of the molecule is CCNC(Cc1c(Cl)c(CC)nn1C)c1cc(OC)cs1. The van der Waals surface area contributed by atoms with Gasteiger partial charge in [0.1, 0.15) is 5.75 Å². The van der Waals surface area contributed by atoms with Crippen LogP contribution in [0.2, 0.25) is 5.02 Å². The molecule has 0 fully saturated rings. The van der Waals surface area contributed by atoms with E-state index >= 15 is 0 Å². The number of nitrogens with one attached hydrogen (secondary N) is 1. The van der Waals surface area contributed by atoms with Crippen molar-refractivity contribution in [3.05, 3.63) is 32.7 Å². The summed E-state index contributed by atoms with van der Waals surface area (Å²) in [7, 11) is 3.65. The maximum Gasteiger partial charge on any atom is 0.129 e. The Balaban J connectivity index is 2.26. The summed E-state index contributed by atoms with van der Waals surface area (Å²) >= 11 is 8.17. The second-order valence-corrected chi connectivity index (χ2v) is 6.21. The normalized spacial score (nSPS) is 12.6. The van der Waals surface area contributed by atoms with Crippen LogP contribution in [0, 0.1) is 0 Å². The predicted octanol–water partition coefficient (Wildman–Crippen LogP) is 3.60. The fraction of sp³-hybridized carbons (Fsp3) is 0.533. The molecule has 6 heteroatoms. The van der Waals surface area contributed by atoms with E-state index in [1.54, 1.807) is 18.4 Å². The molecule has 0 amide bonds. The van der Waals surface area contributed by atoms with Gasteiger partial charge in [0.15, 0.2) is 0 Å². The van der Waals surface area contributed by atoms with Crippen molar-refractivity contribution >= 4 is 22.9 Å². The van der Waals surface area contributed by atoms with Crippen molar-refractivity contribution < 1.29 is 4.74 Å². The standard InChI is InChI=1S/C15H22ClN3OS/c1-5-11-15(16)13(19(3)18-11)8-12(17-6-2)14-7-10(20-4)9-21-14/h7,9,12,17H,5-6,8H2,1-4H3. The van der Waals surface area contributed by atoms with E-state index in [1.807, 2.05) is 17.1 Å². The van der Waals surface area contributed by atoms with E-state index in [2.05, 4.69) is 30.3 Å². The Hall–Kier alpha value is -1.04. The maximum atomic E-state index is 6.46. The number of rotatable bonds is 7. The molecular formula is C15H22ClN3OS. The molecule has 0 spiro atoms. The number of methoxy groups -OCH3 is 1. The minimum absolute atomic E-state index is 0.224. The Morgan fingerprint density at radius 2 is 2.24 bits per heavy atom. The van der Waals surface area contributed by atoms with Crippen molar-refractivity contribution in [3.63, 3.8) is 0 Å². The minimum Gasteiger partial charge on any atom is -0.496 e. The third-order valence-corrected chi connectivity index (χ3v) is 4.99. The molecule has 116 valence electrons. The number of hydrogen-bond acceptors (Lipinski definition) is 4. The molecule has 2 aromatic heterocycles. The Bertz CT molecular complexity index is 594. The van der Waals surface area contributed by atoms with Gasteiger partial charge in [-0.1, -0.05) is 25.4 Å². The summed E-state index contributed by atoms with van der Waals surface area (Å²) < 4.78 is 7.18. The van der Waals surface area contributed by atoms with Crippen LogP contribution < -0.4 is 10.1 Å². The lowest BCUT2D eigenvalue weighted by Crippen LogP contribution is -2.23. The highest BCUT2D eigenvalue weighted by Gasteiger charge is 2.20. The largest absolute Gasteiger partial charge is 0.496 e. The van der Waals surface area contributed by atoms with Gasteiger partial charge >= 0.3 is 0 Å². The van der Waals surface area contributed by atoms with Crippen molar-refractivity contribution in [3.8, 4) is 5.75 Å². The van der Waals surface area contributed by atoms with Gasteiger partial charge in [0, 0.05) is 29.8 Å². The van der Waals surface area contributed by atoms with Crippen LogP contribution in [0.1, 0.15) is 36.2 Å². The van der Waals surface area contributed by atoms with Crippen LogP contribution in [0.25, 0.3) is 0 Å². The summed E-state index contributed by atoms with van der Waals surface area (Å²) in [5.74, 6) is 0.906. The van der Waals surface area contributed by atoms with Gasteiger partial charge in [0.05, 0.1) is 23.5 Å². The van der Waals surface area contributed by atoms with Gasteiger partial charge in [-0.2, -0.15) is 5.10 Å². The van der Waals surface area contributed by atoms with Crippen LogP contribution in [-0.4, -0.2) is 23.4 Å². The second-order valence-electron chi connectivity index (χ2n) is 4.89. The molecular weight excluding hydrogens is 306 g/mol. The van der Waals surface area contributed by atoms with Crippen LogP contribution in [-0.2, 0) is 19.9 Å². The molecule has 2 heterocycles. The summed E-state index contributed by atoms with van der Waals surface area (Å²) in [4.78, 5) is 1.25. The maximum absolute atomic E-state index is 6.46. The lowest BCUT2D eigenvalue weighted by Gasteiger charge is -2.16. The number of hydrogen-bond donors (Lipinski definition) is 1. The average Bonchev–Trinajstić information content (AvgIpc) is 3.05. The predicted molar refractivity (Wildman–Crippen MR) is 88.6 cm³/mol. The van der Waals surface area contributed by atoms with Gasteiger partial charge < -0.3 is 10.1 Å². The molecule has 21 heavy (non-hydrogen) atoms. The Kier molecular flexibility index (Phi) is 5.67. The molecule has 0 aliphatic carbocycles. The van der Waals surface area contributed by atoms with Gasteiger partial charge in [0.2, 0.25) is 0 Å². The van der Waals surface area contributed by atoms with Crippen LogP contribution >= 0.6 is 22.9 Å². The fourth-order valence-electron chi connectivity index (χ4n) is 2.38. The van der Waals surface area contributed by atoms with Crippen molar-refractivity contribution in [2.24, 2.45) is 7.05 Å². The summed E-state index contributed by atoms with van der Waals surface area (Å²) in [6.07, 6.45) is 1.67. The lowest BCUT2D eigenvalue weighted by molar-refractivity contribution is 0.415. The lowest BCUT2D eigenvalue weighted by atomic mass is 10.1. The first-order valence-corrected chi connectivity index (χ1v) is 8.42. The van der Waals surface area contributed by atoms with Crippen molar-refractivity contribution in [2.45, 2.75) is 32.7 Å². The third kappa shape index (κ3) is 3.59. The number of nitrogens with zero attached hydrogens (tertiary/aromatic N) is 2. The fourth-order valence-corrected chi connectivity index (χ4v) is 3.68. The number of aromatic nitrogens is 2. The van der Waals surface area contributed by atoms with Crippen molar-refractivity contribution in [2.75, 3.05) is 13.7 Å². The van der Waals surface area contributed by atoms with Crippen LogP contribution in [0.3, 0.4) is 0 Å². The van der Waals surface area contributed by atoms with Crippen LogP contribution in [0.4, 0.5) is 0 Å². The molecule has 1 atom stereocenters. The summed E-state index contributed by atoms with van der Waals surface area (Å²) in [6, 6.07) is 2.31. The molecule has 0 aromatic carbocycles. The molecule has 2 aromatic rings. The zero-order valence-electron chi connectivity index (χ0n) is 12.9. The number of likely N-dealkylation sites (N-methyl/N-ethyl adjacent to an activating group) is 1.